The van der Waals surface area contributed by atoms with Gasteiger partial charge in [-0.15, -0.1) is 0 Å². The second kappa shape index (κ2) is 9.00. The Bertz CT molecular complexity index is 1200. The highest BCUT2D eigenvalue weighted by atomic mass is 32.2. The topological polar surface area (TPSA) is 115 Å². The lowest BCUT2D eigenvalue weighted by molar-refractivity contribution is 0.0192. The van der Waals surface area contributed by atoms with E-state index in [0.29, 0.717) is 49.0 Å². The standard InChI is InChI=1S/C19H23F2N7O3S/c1-3-12(26-32(2,29)30)16-10-27(6-7-31-16)18-8-14(23-11-24-18)15-9-22-17-5-4-13(19(20)21)25-28(15)17/h4-5,8-9,11-12,16,19,26H,3,6-7,10H2,1-2H3. The lowest BCUT2D eigenvalue weighted by atomic mass is 10.1. The van der Waals surface area contributed by atoms with E-state index in [4.69, 9.17) is 4.74 Å². The molecule has 4 rings (SSSR count). The number of nitrogens with one attached hydrogen (secondary N) is 1. The number of halogens is 2. The maximum absolute atomic E-state index is 13.1. The van der Waals surface area contributed by atoms with Crippen molar-refractivity contribution in [3.63, 3.8) is 0 Å². The summed E-state index contributed by atoms with van der Waals surface area (Å²) >= 11 is 0. The van der Waals surface area contributed by atoms with E-state index in [0.717, 1.165) is 6.26 Å². The predicted octanol–water partition coefficient (Wildman–Crippen LogP) is 1.66. The van der Waals surface area contributed by atoms with Crippen LogP contribution in [0.3, 0.4) is 0 Å². The number of rotatable bonds is 7. The van der Waals surface area contributed by atoms with Crippen molar-refractivity contribution in [2.75, 3.05) is 30.9 Å². The summed E-state index contributed by atoms with van der Waals surface area (Å²) in [5.41, 5.74) is 1.01. The van der Waals surface area contributed by atoms with Crippen molar-refractivity contribution >= 4 is 21.5 Å². The minimum atomic E-state index is -3.38. The molecule has 0 bridgehead atoms. The summed E-state index contributed by atoms with van der Waals surface area (Å²) in [6.45, 7) is 3.28. The van der Waals surface area contributed by atoms with Gasteiger partial charge >= 0.3 is 0 Å². The first-order valence-electron chi connectivity index (χ1n) is 10.0. The van der Waals surface area contributed by atoms with Crippen LogP contribution in [0.25, 0.3) is 17.0 Å². The van der Waals surface area contributed by atoms with Crippen molar-refractivity contribution in [2.45, 2.75) is 31.9 Å². The Balaban J connectivity index is 1.61. The highest BCUT2D eigenvalue weighted by Crippen LogP contribution is 2.25. The van der Waals surface area contributed by atoms with Gasteiger partial charge in [0.05, 0.1) is 30.9 Å². The Morgan fingerprint density at radius 2 is 2.09 bits per heavy atom. The molecule has 10 nitrogen and oxygen atoms in total. The van der Waals surface area contributed by atoms with Crippen LogP contribution >= 0.6 is 0 Å². The number of hydrogen-bond donors (Lipinski definition) is 1. The molecule has 0 radical (unpaired) electrons. The first-order valence-corrected chi connectivity index (χ1v) is 11.9. The van der Waals surface area contributed by atoms with Gasteiger partial charge in [0.15, 0.2) is 5.65 Å². The Morgan fingerprint density at radius 3 is 2.81 bits per heavy atom. The van der Waals surface area contributed by atoms with Crippen LogP contribution in [-0.2, 0) is 14.8 Å². The average Bonchev–Trinajstić information content (AvgIpc) is 3.20. The minimum Gasteiger partial charge on any atom is -0.373 e. The van der Waals surface area contributed by atoms with E-state index in [9.17, 15) is 17.2 Å². The molecule has 32 heavy (non-hydrogen) atoms. The third kappa shape index (κ3) is 4.84. The molecule has 0 saturated carbocycles. The molecule has 1 aliphatic heterocycles. The van der Waals surface area contributed by atoms with Crippen molar-refractivity contribution in [1.82, 2.24) is 29.3 Å². The monoisotopic (exact) mass is 467 g/mol. The molecule has 1 aliphatic rings. The molecule has 2 unspecified atom stereocenters. The molecule has 0 aliphatic carbocycles. The van der Waals surface area contributed by atoms with Crippen LogP contribution < -0.4 is 9.62 Å². The molecular formula is C19H23F2N7O3S. The molecule has 0 amide bonds. The third-order valence-electron chi connectivity index (χ3n) is 5.19. The Labute approximate surface area is 183 Å². The number of hydrogen-bond acceptors (Lipinski definition) is 8. The fourth-order valence-corrected chi connectivity index (χ4v) is 4.53. The lowest BCUT2D eigenvalue weighted by Crippen LogP contribution is -2.53. The molecule has 1 fully saturated rings. The minimum absolute atomic E-state index is 0.354. The van der Waals surface area contributed by atoms with E-state index in [-0.39, 0.29) is 17.8 Å². The van der Waals surface area contributed by atoms with Gasteiger partial charge in [0.1, 0.15) is 23.5 Å². The van der Waals surface area contributed by atoms with E-state index in [2.05, 4.69) is 24.8 Å². The van der Waals surface area contributed by atoms with E-state index in [1.54, 1.807) is 6.07 Å². The number of fused-ring (bicyclic) bond motifs is 1. The summed E-state index contributed by atoms with van der Waals surface area (Å²) in [6, 6.07) is 4.08. The summed E-state index contributed by atoms with van der Waals surface area (Å²) in [7, 11) is -3.38. The van der Waals surface area contributed by atoms with Crippen molar-refractivity contribution < 1.29 is 21.9 Å². The highest BCUT2D eigenvalue weighted by molar-refractivity contribution is 7.88. The van der Waals surface area contributed by atoms with Gasteiger partial charge in [-0.1, -0.05) is 6.92 Å². The average molecular weight is 468 g/mol. The Morgan fingerprint density at radius 1 is 1.28 bits per heavy atom. The van der Waals surface area contributed by atoms with Crippen LogP contribution in [0.15, 0.2) is 30.7 Å². The number of morpholine rings is 1. The van der Waals surface area contributed by atoms with E-state index >= 15 is 0 Å². The van der Waals surface area contributed by atoms with Crippen LogP contribution in [0, 0.1) is 0 Å². The van der Waals surface area contributed by atoms with Gasteiger partial charge in [-0.3, -0.25) is 0 Å². The Kier molecular flexibility index (Phi) is 6.31. The predicted molar refractivity (Wildman–Crippen MR) is 113 cm³/mol. The SMILES string of the molecule is CCC(NS(C)(=O)=O)C1CN(c2cc(-c3cnc4ccc(C(F)F)nn34)ncn2)CCO1. The molecule has 172 valence electrons. The lowest BCUT2D eigenvalue weighted by Gasteiger charge is -2.37. The number of imidazole rings is 1. The number of aromatic nitrogens is 5. The summed E-state index contributed by atoms with van der Waals surface area (Å²) in [4.78, 5) is 14.8. The van der Waals surface area contributed by atoms with E-state index < -0.39 is 16.4 Å². The molecule has 4 heterocycles. The number of nitrogens with zero attached hydrogens (tertiary/aromatic N) is 6. The van der Waals surface area contributed by atoms with E-state index in [1.807, 2.05) is 11.8 Å². The zero-order chi connectivity index (χ0) is 22.9. The molecule has 3 aromatic heterocycles. The highest BCUT2D eigenvalue weighted by Gasteiger charge is 2.30. The van der Waals surface area contributed by atoms with Gasteiger partial charge in [0.25, 0.3) is 6.43 Å². The number of ether oxygens (including phenoxy) is 1. The third-order valence-corrected chi connectivity index (χ3v) is 5.92. The van der Waals surface area contributed by atoms with Crippen LogP contribution in [0.1, 0.15) is 25.5 Å². The van der Waals surface area contributed by atoms with Gasteiger partial charge < -0.3 is 9.64 Å². The molecule has 3 aromatic rings. The normalized spacial score (nSPS) is 18.4. The first-order chi connectivity index (χ1) is 15.2. The Hall–Kier alpha value is -2.77. The second-order valence-electron chi connectivity index (χ2n) is 7.49. The van der Waals surface area contributed by atoms with Crippen molar-refractivity contribution in [1.29, 1.82) is 0 Å². The summed E-state index contributed by atoms with van der Waals surface area (Å²) in [6.07, 6.45) is 1.55. The molecule has 1 N–H and O–H groups in total. The molecule has 2 atom stereocenters. The maximum atomic E-state index is 13.1. The fourth-order valence-electron chi connectivity index (χ4n) is 3.66. The van der Waals surface area contributed by atoms with Crippen molar-refractivity contribution in [3.8, 4) is 11.4 Å². The largest absolute Gasteiger partial charge is 0.373 e. The van der Waals surface area contributed by atoms with E-state index in [1.165, 1.54) is 29.2 Å². The number of alkyl halides is 2. The van der Waals surface area contributed by atoms with Crippen LogP contribution in [0.4, 0.5) is 14.6 Å². The van der Waals surface area contributed by atoms with Crippen LogP contribution in [-0.4, -0.2) is 71.1 Å². The summed E-state index contributed by atoms with van der Waals surface area (Å²) < 4.78 is 59.3. The maximum Gasteiger partial charge on any atom is 0.282 e. The fraction of sp³-hybridized carbons (Fsp3) is 0.474. The zero-order valence-corrected chi connectivity index (χ0v) is 18.3. The summed E-state index contributed by atoms with van der Waals surface area (Å²) in [5.74, 6) is 0.609. The molecular weight excluding hydrogens is 444 g/mol. The molecule has 1 saturated heterocycles. The second-order valence-corrected chi connectivity index (χ2v) is 9.27. The van der Waals surface area contributed by atoms with Crippen molar-refractivity contribution in [3.05, 3.63) is 36.4 Å². The van der Waals surface area contributed by atoms with Crippen LogP contribution in [0.5, 0.6) is 0 Å². The van der Waals surface area contributed by atoms with Gasteiger partial charge in [-0.25, -0.2) is 41.4 Å². The quantitative estimate of drug-likeness (QED) is 0.558. The first kappa shape index (κ1) is 22.4. The van der Waals surface area contributed by atoms with Crippen LogP contribution in [0.2, 0.25) is 0 Å². The molecule has 0 spiro atoms. The number of sulfonamides is 1. The van der Waals surface area contributed by atoms with Gasteiger partial charge in [0.2, 0.25) is 10.0 Å². The summed E-state index contributed by atoms with van der Waals surface area (Å²) in [5, 5.41) is 3.98. The molecule has 13 heteroatoms. The van der Waals surface area contributed by atoms with Crippen molar-refractivity contribution in [2.24, 2.45) is 0 Å². The smallest absolute Gasteiger partial charge is 0.282 e. The zero-order valence-electron chi connectivity index (χ0n) is 17.5. The molecule has 0 aromatic carbocycles. The van der Waals surface area contributed by atoms with Gasteiger partial charge in [0, 0.05) is 25.2 Å². The van der Waals surface area contributed by atoms with Gasteiger partial charge in [-0.05, 0) is 18.6 Å². The van der Waals surface area contributed by atoms with Gasteiger partial charge in [-0.2, -0.15) is 5.10 Å². The number of anilines is 1.